The number of benzene rings is 2. The van der Waals surface area contributed by atoms with Gasteiger partial charge in [0.05, 0.1) is 24.7 Å². The first-order chi connectivity index (χ1) is 18.4. The molecule has 1 atom stereocenters. The first kappa shape index (κ1) is 25.8. The van der Waals surface area contributed by atoms with E-state index in [1.54, 1.807) is 30.0 Å². The van der Waals surface area contributed by atoms with Gasteiger partial charge in [-0.3, -0.25) is 9.69 Å². The normalized spacial score (nSPS) is 13.9. The van der Waals surface area contributed by atoms with E-state index in [4.69, 9.17) is 14.2 Å². The number of hydrogen-bond donors (Lipinski definition) is 1. The summed E-state index contributed by atoms with van der Waals surface area (Å²) in [5.41, 5.74) is 1.97. The number of pyridine rings is 1. The molecule has 4 aromatic rings. The van der Waals surface area contributed by atoms with Crippen molar-refractivity contribution in [3.8, 4) is 11.5 Å². The van der Waals surface area contributed by atoms with Gasteiger partial charge in [-0.25, -0.2) is 9.07 Å². The Kier molecular flexibility index (Phi) is 7.66. The van der Waals surface area contributed by atoms with Gasteiger partial charge in [-0.15, -0.1) is 5.10 Å². The van der Waals surface area contributed by atoms with E-state index >= 15 is 0 Å². The van der Waals surface area contributed by atoms with Crippen LogP contribution in [0.15, 0.2) is 47.3 Å². The van der Waals surface area contributed by atoms with Crippen molar-refractivity contribution in [2.45, 2.75) is 39.5 Å². The fraction of sp³-hybridized carbons (Fsp3) is 0.407. The van der Waals surface area contributed by atoms with Gasteiger partial charge in [-0.2, -0.15) is 0 Å². The average Bonchev–Trinajstić information content (AvgIpc) is 3.35. The summed E-state index contributed by atoms with van der Waals surface area (Å²) in [6.07, 6.45) is 0. The van der Waals surface area contributed by atoms with Gasteiger partial charge in [-0.05, 0) is 46.2 Å². The molecular weight excluding hydrogens is 491 g/mol. The predicted molar refractivity (Wildman–Crippen MR) is 138 cm³/mol. The lowest BCUT2D eigenvalue weighted by molar-refractivity contribution is 0.121. The zero-order valence-corrected chi connectivity index (χ0v) is 21.7. The lowest BCUT2D eigenvalue weighted by Crippen LogP contribution is -2.35. The van der Waals surface area contributed by atoms with E-state index in [2.05, 4.69) is 39.3 Å². The van der Waals surface area contributed by atoms with Crippen molar-refractivity contribution in [2.24, 2.45) is 5.92 Å². The van der Waals surface area contributed by atoms with E-state index in [1.165, 1.54) is 12.1 Å². The number of methoxy groups -OCH3 is 1. The van der Waals surface area contributed by atoms with Gasteiger partial charge in [-0.1, -0.05) is 26.0 Å². The number of aromatic amines is 1. The van der Waals surface area contributed by atoms with E-state index < -0.39 is 0 Å². The maximum absolute atomic E-state index is 13.7. The smallest absolute Gasteiger partial charge is 0.252 e. The number of ether oxygens (including phenoxy) is 3. The van der Waals surface area contributed by atoms with Crippen LogP contribution in [0.1, 0.15) is 36.8 Å². The molecule has 3 heterocycles. The standard InChI is InChI=1S/C27H31FN6O4/c1-17(2)25(26-30-31-32-34(26)8-9-36-3)33(15-18-4-6-21(28)7-5-18)16-20-12-19-13-23-24(38-11-10-37-23)14-22(19)29-27(20)35/h4-7,12-14,17,25H,8-11,15-16H2,1-3H3,(H,29,35)/t25-/m1/s1. The predicted octanol–water partition coefficient (Wildman–Crippen LogP) is 3.47. The largest absolute Gasteiger partial charge is 0.486 e. The number of nitrogens with one attached hydrogen (secondary N) is 1. The third-order valence-corrected chi connectivity index (χ3v) is 6.61. The molecule has 200 valence electrons. The number of H-pyrrole nitrogens is 1. The molecule has 0 saturated heterocycles. The molecule has 11 heteroatoms. The fourth-order valence-electron chi connectivity index (χ4n) is 4.84. The second-order valence-corrected chi connectivity index (χ2v) is 9.68. The molecular formula is C27H31FN6O4. The average molecular weight is 523 g/mol. The third kappa shape index (κ3) is 5.53. The number of aromatic nitrogens is 5. The van der Waals surface area contributed by atoms with Crippen LogP contribution in [0.3, 0.4) is 0 Å². The van der Waals surface area contributed by atoms with Gasteiger partial charge in [0, 0.05) is 37.2 Å². The lowest BCUT2D eigenvalue weighted by Gasteiger charge is -2.33. The molecule has 38 heavy (non-hydrogen) atoms. The Morgan fingerprint density at radius 1 is 1.11 bits per heavy atom. The summed E-state index contributed by atoms with van der Waals surface area (Å²) < 4.78 is 32.0. The minimum Gasteiger partial charge on any atom is -0.486 e. The van der Waals surface area contributed by atoms with Crippen LogP contribution in [0.5, 0.6) is 11.5 Å². The highest BCUT2D eigenvalue weighted by molar-refractivity contribution is 5.83. The summed E-state index contributed by atoms with van der Waals surface area (Å²) in [5, 5.41) is 13.3. The summed E-state index contributed by atoms with van der Waals surface area (Å²) in [5.74, 6) is 1.75. The molecule has 0 aliphatic carbocycles. The number of rotatable bonds is 10. The van der Waals surface area contributed by atoms with Crippen molar-refractivity contribution in [1.29, 1.82) is 0 Å². The lowest BCUT2D eigenvalue weighted by atomic mass is 9.99. The number of tetrazole rings is 1. The van der Waals surface area contributed by atoms with Crippen molar-refractivity contribution in [1.82, 2.24) is 30.1 Å². The monoisotopic (exact) mass is 522 g/mol. The highest BCUT2D eigenvalue weighted by Crippen LogP contribution is 2.34. The number of nitrogens with zero attached hydrogens (tertiary/aromatic N) is 5. The molecule has 0 bridgehead atoms. The van der Waals surface area contributed by atoms with Crippen LogP contribution in [-0.2, 0) is 24.4 Å². The Morgan fingerprint density at radius 2 is 1.84 bits per heavy atom. The van der Waals surface area contributed by atoms with Crippen LogP contribution in [0.25, 0.3) is 10.9 Å². The minimum atomic E-state index is -0.301. The van der Waals surface area contributed by atoms with Crippen LogP contribution >= 0.6 is 0 Å². The van der Waals surface area contributed by atoms with Gasteiger partial charge in [0.15, 0.2) is 17.3 Å². The van der Waals surface area contributed by atoms with E-state index in [1.807, 2.05) is 12.1 Å². The Balaban J connectivity index is 1.54. The van der Waals surface area contributed by atoms with E-state index in [-0.39, 0.29) is 23.3 Å². The SMILES string of the molecule is COCCn1nnnc1[C@@H](C(C)C)N(Cc1ccc(F)cc1)Cc1cc2cc3c(cc2[nH]c1=O)OCCO3. The molecule has 0 spiro atoms. The molecule has 0 amide bonds. The van der Waals surface area contributed by atoms with Gasteiger partial charge in [0.2, 0.25) is 0 Å². The number of halogens is 1. The summed E-state index contributed by atoms with van der Waals surface area (Å²) in [6, 6.07) is 11.7. The highest BCUT2D eigenvalue weighted by atomic mass is 19.1. The van der Waals surface area contributed by atoms with Gasteiger partial charge < -0.3 is 19.2 Å². The van der Waals surface area contributed by atoms with Crippen LogP contribution in [0.4, 0.5) is 4.39 Å². The van der Waals surface area contributed by atoms with E-state index in [0.717, 1.165) is 10.9 Å². The van der Waals surface area contributed by atoms with Gasteiger partial charge >= 0.3 is 0 Å². The molecule has 0 fully saturated rings. The Bertz CT molecular complexity index is 1450. The molecule has 2 aromatic carbocycles. The summed E-state index contributed by atoms with van der Waals surface area (Å²) >= 11 is 0. The second kappa shape index (κ2) is 11.3. The van der Waals surface area contributed by atoms with Crippen molar-refractivity contribution in [2.75, 3.05) is 26.9 Å². The van der Waals surface area contributed by atoms with E-state index in [0.29, 0.717) is 67.9 Å². The number of fused-ring (bicyclic) bond motifs is 2. The molecule has 1 aliphatic heterocycles. The molecule has 0 radical (unpaired) electrons. The van der Waals surface area contributed by atoms with Crippen LogP contribution in [0.2, 0.25) is 0 Å². The van der Waals surface area contributed by atoms with Gasteiger partial charge in [0.1, 0.15) is 19.0 Å². The van der Waals surface area contributed by atoms with Crippen molar-refractivity contribution in [3.63, 3.8) is 0 Å². The first-order valence-corrected chi connectivity index (χ1v) is 12.6. The highest BCUT2D eigenvalue weighted by Gasteiger charge is 2.30. The maximum Gasteiger partial charge on any atom is 0.252 e. The molecule has 10 nitrogen and oxygen atoms in total. The topological polar surface area (TPSA) is 107 Å². The van der Waals surface area contributed by atoms with Crippen LogP contribution in [-0.4, -0.2) is 57.0 Å². The zero-order valence-electron chi connectivity index (χ0n) is 21.7. The van der Waals surface area contributed by atoms with Crippen molar-refractivity contribution < 1.29 is 18.6 Å². The molecule has 2 aromatic heterocycles. The van der Waals surface area contributed by atoms with Crippen molar-refractivity contribution in [3.05, 3.63) is 75.6 Å². The van der Waals surface area contributed by atoms with Gasteiger partial charge in [0.25, 0.3) is 5.56 Å². The van der Waals surface area contributed by atoms with Crippen LogP contribution < -0.4 is 15.0 Å². The molecule has 1 aliphatic rings. The summed E-state index contributed by atoms with van der Waals surface area (Å²) in [4.78, 5) is 18.4. The fourth-order valence-corrected chi connectivity index (χ4v) is 4.84. The quantitative estimate of drug-likeness (QED) is 0.337. The maximum atomic E-state index is 13.7. The Labute approximate surface area is 219 Å². The minimum absolute atomic E-state index is 0.0971. The third-order valence-electron chi connectivity index (χ3n) is 6.61. The zero-order chi connectivity index (χ0) is 26.6. The Morgan fingerprint density at radius 3 is 2.55 bits per heavy atom. The second-order valence-electron chi connectivity index (χ2n) is 9.68. The molecule has 1 N–H and O–H groups in total. The number of hydrogen-bond acceptors (Lipinski definition) is 8. The van der Waals surface area contributed by atoms with E-state index in [9.17, 15) is 9.18 Å². The van der Waals surface area contributed by atoms with Crippen molar-refractivity contribution >= 4 is 10.9 Å². The Hall–Kier alpha value is -3.83. The summed E-state index contributed by atoms with van der Waals surface area (Å²) in [6.45, 7) is 6.86. The summed E-state index contributed by atoms with van der Waals surface area (Å²) in [7, 11) is 1.63. The first-order valence-electron chi connectivity index (χ1n) is 12.6. The molecule has 5 rings (SSSR count). The molecule has 0 saturated carbocycles. The van der Waals surface area contributed by atoms with Crippen LogP contribution in [0, 0.1) is 11.7 Å². The molecule has 0 unspecified atom stereocenters.